The zero-order valence-corrected chi connectivity index (χ0v) is 12.3. The van der Waals surface area contributed by atoms with Crippen LogP contribution in [0.4, 0.5) is 0 Å². The second-order valence-electron chi connectivity index (χ2n) is 6.35. The van der Waals surface area contributed by atoms with Crippen LogP contribution < -0.4 is 11.3 Å². The molecule has 0 aromatic heterocycles. The zero-order chi connectivity index (χ0) is 13.8. The normalized spacial score (nSPS) is 23.4. The lowest BCUT2D eigenvalue weighted by atomic mass is 9.58. The molecule has 2 nitrogen and oxygen atoms in total. The molecular formula is C18H26N2. The lowest BCUT2D eigenvalue weighted by molar-refractivity contribution is 0.186. The van der Waals surface area contributed by atoms with E-state index in [4.69, 9.17) is 5.84 Å². The molecule has 1 unspecified atom stereocenters. The molecule has 0 heterocycles. The maximum atomic E-state index is 6.00. The number of rotatable bonds is 4. The Labute approximate surface area is 122 Å². The first-order chi connectivity index (χ1) is 9.87. The summed E-state index contributed by atoms with van der Waals surface area (Å²) in [5, 5.41) is 0. The molecule has 2 heteroatoms. The summed E-state index contributed by atoms with van der Waals surface area (Å²) < 4.78 is 0. The minimum atomic E-state index is 0.228. The number of hydrogen-bond acceptors (Lipinski definition) is 2. The number of hydrazine groups is 1. The molecule has 0 aliphatic heterocycles. The van der Waals surface area contributed by atoms with Gasteiger partial charge in [0.25, 0.3) is 0 Å². The second kappa shape index (κ2) is 6.11. The first-order valence-electron chi connectivity index (χ1n) is 8.07. The highest BCUT2D eigenvalue weighted by molar-refractivity contribution is 5.35. The van der Waals surface area contributed by atoms with E-state index < -0.39 is 0 Å². The average Bonchev–Trinajstić information content (AvgIpc) is 2.72. The van der Waals surface area contributed by atoms with Gasteiger partial charge < -0.3 is 0 Å². The van der Waals surface area contributed by atoms with Crippen LogP contribution in [0.2, 0.25) is 0 Å². The SMILES string of the molecule is NNC(C1=CCCCCC1)C1(c2ccccc2)CCC1. The Morgan fingerprint density at radius 3 is 2.45 bits per heavy atom. The van der Waals surface area contributed by atoms with E-state index in [1.807, 2.05) is 0 Å². The van der Waals surface area contributed by atoms with Crippen molar-refractivity contribution in [1.82, 2.24) is 5.43 Å². The van der Waals surface area contributed by atoms with Crippen LogP contribution >= 0.6 is 0 Å². The fourth-order valence-corrected chi connectivity index (χ4v) is 4.00. The van der Waals surface area contributed by atoms with Gasteiger partial charge in [-0.2, -0.15) is 0 Å². The van der Waals surface area contributed by atoms with E-state index in [0.29, 0.717) is 6.04 Å². The van der Waals surface area contributed by atoms with Gasteiger partial charge in [-0.15, -0.1) is 0 Å². The Balaban J connectivity index is 1.92. The third-order valence-electron chi connectivity index (χ3n) is 5.26. The molecule has 0 radical (unpaired) electrons. The van der Waals surface area contributed by atoms with Gasteiger partial charge in [-0.3, -0.25) is 11.3 Å². The van der Waals surface area contributed by atoms with Gasteiger partial charge in [-0.25, -0.2) is 0 Å². The molecule has 20 heavy (non-hydrogen) atoms. The first-order valence-corrected chi connectivity index (χ1v) is 8.07. The Bertz CT molecular complexity index is 460. The number of benzene rings is 1. The largest absolute Gasteiger partial charge is 0.271 e. The molecular weight excluding hydrogens is 244 g/mol. The van der Waals surface area contributed by atoms with Crippen molar-refractivity contribution in [1.29, 1.82) is 0 Å². The quantitative estimate of drug-likeness (QED) is 0.496. The van der Waals surface area contributed by atoms with Crippen molar-refractivity contribution >= 4 is 0 Å². The molecule has 0 saturated heterocycles. The van der Waals surface area contributed by atoms with E-state index in [9.17, 15) is 0 Å². The molecule has 0 bridgehead atoms. The van der Waals surface area contributed by atoms with Crippen LogP contribution in [0.5, 0.6) is 0 Å². The summed E-state index contributed by atoms with van der Waals surface area (Å²) in [4.78, 5) is 0. The number of hydrogen-bond donors (Lipinski definition) is 2. The maximum absolute atomic E-state index is 6.00. The highest BCUT2D eigenvalue weighted by Gasteiger charge is 2.46. The highest BCUT2D eigenvalue weighted by Crippen LogP contribution is 2.48. The topological polar surface area (TPSA) is 38.0 Å². The number of nitrogens with two attached hydrogens (primary N) is 1. The predicted molar refractivity (Wildman–Crippen MR) is 84.3 cm³/mol. The Kier molecular flexibility index (Phi) is 4.23. The molecule has 0 amide bonds. The van der Waals surface area contributed by atoms with Crippen LogP contribution in [0.1, 0.15) is 56.9 Å². The predicted octanol–water partition coefficient (Wildman–Crippen LogP) is 3.83. The Morgan fingerprint density at radius 1 is 1.00 bits per heavy atom. The Hall–Kier alpha value is -1.12. The second-order valence-corrected chi connectivity index (χ2v) is 6.35. The summed E-state index contributed by atoms with van der Waals surface area (Å²) in [6.45, 7) is 0. The van der Waals surface area contributed by atoms with Crippen LogP contribution in [0.25, 0.3) is 0 Å². The summed E-state index contributed by atoms with van der Waals surface area (Å²) in [5.74, 6) is 6.00. The van der Waals surface area contributed by atoms with Gasteiger partial charge in [0.1, 0.15) is 0 Å². The Morgan fingerprint density at radius 2 is 1.80 bits per heavy atom. The smallest absolute Gasteiger partial charge is 0.0516 e. The van der Waals surface area contributed by atoms with Crippen LogP contribution in [0.15, 0.2) is 42.0 Å². The van der Waals surface area contributed by atoms with Crippen molar-refractivity contribution < 1.29 is 0 Å². The lowest BCUT2D eigenvalue weighted by Gasteiger charge is -2.49. The molecule has 0 spiro atoms. The number of nitrogens with one attached hydrogen (secondary N) is 1. The average molecular weight is 270 g/mol. The molecule has 1 aromatic carbocycles. The van der Waals surface area contributed by atoms with Gasteiger partial charge in [0.2, 0.25) is 0 Å². The third-order valence-corrected chi connectivity index (χ3v) is 5.26. The summed E-state index contributed by atoms with van der Waals surface area (Å²) >= 11 is 0. The molecule has 1 aromatic rings. The van der Waals surface area contributed by atoms with Gasteiger partial charge in [-0.05, 0) is 44.1 Å². The third kappa shape index (κ3) is 2.43. The lowest BCUT2D eigenvalue weighted by Crippen LogP contribution is -2.55. The van der Waals surface area contributed by atoms with Crippen molar-refractivity contribution in [2.75, 3.05) is 0 Å². The van der Waals surface area contributed by atoms with E-state index in [1.165, 1.54) is 56.9 Å². The van der Waals surface area contributed by atoms with E-state index in [2.05, 4.69) is 41.8 Å². The standard InChI is InChI=1S/C18H26N2/c19-20-17(15-9-4-1-2-5-10-15)18(13-8-14-18)16-11-6-3-7-12-16/h3,6-7,9,11-12,17,20H,1-2,4-5,8,10,13-14,19H2. The van der Waals surface area contributed by atoms with Crippen LogP contribution in [-0.2, 0) is 5.41 Å². The van der Waals surface area contributed by atoms with Crippen molar-refractivity contribution in [2.24, 2.45) is 5.84 Å². The van der Waals surface area contributed by atoms with Crippen LogP contribution in [0, 0.1) is 0 Å². The summed E-state index contributed by atoms with van der Waals surface area (Å²) in [6, 6.07) is 11.3. The van der Waals surface area contributed by atoms with Crippen molar-refractivity contribution in [3.8, 4) is 0 Å². The zero-order valence-electron chi connectivity index (χ0n) is 12.3. The molecule has 2 aliphatic carbocycles. The van der Waals surface area contributed by atoms with Crippen molar-refractivity contribution in [3.05, 3.63) is 47.5 Å². The van der Waals surface area contributed by atoms with Gasteiger partial charge >= 0.3 is 0 Å². The molecule has 1 atom stereocenters. The van der Waals surface area contributed by atoms with Crippen LogP contribution in [0.3, 0.4) is 0 Å². The molecule has 3 rings (SSSR count). The molecule has 1 saturated carbocycles. The van der Waals surface area contributed by atoms with E-state index in [1.54, 1.807) is 5.57 Å². The van der Waals surface area contributed by atoms with Gasteiger partial charge in [0.05, 0.1) is 6.04 Å². The maximum Gasteiger partial charge on any atom is 0.0516 e. The fourth-order valence-electron chi connectivity index (χ4n) is 4.00. The summed E-state index contributed by atoms with van der Waals surface area (Å²) in [5.41, 5.74) is 6.41. The summed E-state index contributed by atoms with van der Waals surface area (Å²) in [6.07, 6.45) is 12.7. The first kappa shape index (κ1) is 13.8. The van der Waals surface area contributed by atoms with Crippen LogP contribution in [-0.4, -0.2) is 6.04 Å². The molecule has 2 aliphatic rings. The van der Waals surface area contributed by atoms with E-state index in [0.717, 1.165) is 0 Å². The number of allylic oxidation sites excluding steroid dienone is 1. The monoisotopic (exact) mass is 270 g/mol. The molecule has 1 fully saturated rings. The fraction of sp³-hybridized carbons (Fsp3) is 0.556. The minimum Gasteiger partial charge on any atom is -0.271 e. The van der Waals surface area contributed by atoms with E-state index >= 15 is 0 Å². The highest BCUT2D eigenvalue weighted by atomic mass is 15.2. The van der Waals surface area contributed by atoms with Gasteiger partial charge in [-0.1, -0.05) is 54.8 Å². The van der Waals surface area contributed by atoms with Gasteiger partial charge in [0, 0.05) is 5.41 Å². The van der Waals surface area contributed by atoms with Crippen molar-refractivity contribution in [3.63, 3.8) is 0 Å². The molecule has 3 N–H and O–H groups in total. The van der Waals surface area contributed by atoms with Crippen molar-refractivity contribution in [2.45, 2.75) is 62.8 Å². The van der Waals surface area contributed by atoms with Gasteiger partial charge in [0.15, 0.2) is 0 Å². The minimum absolute atomic E-state index is 0.228. The summed E-state index contributed by atoms with van der Waals surface area (Å²) in [7, 11) is 0. The van der Waals surface area contributed by atoms with E-state index in [-0.39, 0.29) is 5.41 Å². The molecule has 108 valence electrons.